The van der Waals surface area contributed by atoms with Crippen LogP contribution in [0.4, 0.5) is 0 Å². The van der Waals surface area contributed by atoms with Crippen molar-refractivity contribution in [2.24, 2.45) is 0 Å². The van der Waals surface area contributed by atoms with Crippen LogP contribution >= 0.6 is 15.9 Å². The SMILES string of the molecule is CN1CCCCC1CCN(C)C1CCCCC1Br. The van der Waals surface area contributed by atoms with E-state index in [2.05, 4.69) is 39.8 Å². The summed E-state index contributed by atoms with van der Waals surface area (Å²) in [5, 5.41) is 0. The third-order valence-electron chi connectivity index (χ3n) is 4.95. The van der Waals surface area contributed by atoms with Crippen molar-refractivity contribution in [1.82, 2.24) is 9.80 Å². The van der Waals surface area contributed by atoms with Gasteiger partial charge in [0.25, 0.3) is 0 Å². The lowest BCUT2D eigenvalue weighted by atomic mass is 9.93. The Labute approximate surface area is 121 Å². The fourth-order valence-corrected chi connectivity index (χ4v) is 4.58. The third kappa shape index (κ3) is 3.94. The van der Waals surface area contributed by atoms with Gasteiger partial charge in [0.2, 0.25) is 0 Å². The molecule has 0 aromatic carbocycles. The Morgan fingerprint density at radius 3 is 2.56 bits per heavy atom. The van der Waals surface area contributed by atoms with E-state index < -0.39 is 0 Å². The molecular formula is C15H29BrN2. The molecule has 106 valence electrons. The van der Waals surface area contributed by atoms with Crippen molar-refractivity contribution in [2.45, 2.75) is 68.3 Å². The van der Waals surface area contributed by atoms with Gasteiger partial charge in [-0.2, -0.15) is 0 Å². The zero-order chi connectivity index (χ0) is 13.0. The van der Waals surface area contributed by atoms with Gasteiger partial charge in [-0.05, 0) is 59.3 Å². The summed E-state index contributed by atoms with van der Waals surface area (Å²) in [7, 11) is 4.63. The molecule has 0 N–H and O–H groups in total. The minimum absolute atomic E-state index is 0.723. The number of hydrogen-bond acceptors (Lipinski definition) is 2. The van der Waals surface area contributed by atoms with Crippen LogP contribution in [0.2, 0.25) is 0 Å². The zero-order valence-electron chi connectivity index (χ0n) is 12.1. The second kappa shape index (κ2) is 7.25. The van der Waals surface area contributed by atoms with Crippen molar-refractivity contribution in [3.63, 3.8) is 0 Å². The van der Waals surface area contributed by atoms with E-state index in [1.54, 1.807) is 0 Å². The average Bonchev–Trinajstić information content (AvgIpc) is 2.38. The van der Waals surface area contributed by atoms with E-state index in [9.17, 15) is 0 Å². The van der Waals surface area contributed by atoms with E-state index in [0.717, 1.165) is 16.9 Å². The molecule has 0 bridgehead atoms. The van der Waals surface area contributed by atoms with Gasteiger partial charge in [0, 0.05) is 16.9 Å². The highest BCUT2D eigenvalue weighted by Crippen LogP contribution is 2.28. The highest BCUT2D eigenvalue weighted by atomic mass is 79.9. The van der Waals surface area contributed by atoms with E-state index >= 15 is 0 Å². The maximum atomic E-state index is 3.88. The molecule has 1 saturated heterocycles. The van der Waals surface area contributed by atoms with Crippen LogP contribution in [0.25, 0.3) is 0 Å². The summed E-state index contributed by atoms with van der Waals surface area (Å²) in [6.45, 7) is 2.57. The molecule has 2 aliphatic rings. The minimum atomic E-state index is 0.723. The van der Waals surface area contributed by atoms with E-state index in [1.165, 1.54) is 64.5 Å². The van der Waals surface area contributed by atoms with Crippen LogP contribution in [0.15, 0.2) is 0 Å². The Hall–Kier alpha value is 0.400. The molecule has 1 heterocycles. The molecule has 1 aliphatic heterocycles. The second-order valence-electron chi connectivity index (χ2n) is 6.27. The summed E-state index contributed by atoms with van der Waals surface area (Å²) < 4.78 is 0. The highest BCUT2D eigenvalue weighted by molar-refractivity contribution is 9.09. The maximum Gasteiger partial charge on any atom is 0.0301 e. The van der Waals surface area contributed by atoms with Crippen LogP contribution < -0.4 is 0 Å². The van der Waals surface area contributed by atoms with E-state index in [4.69, 9.17) is 0 Å². The largest absolute Gasteiger partial charge is 0.303 e. The van der Waals surface area contributed by atoms with Crippen molar-refractivity contribution >= 4 is 15.9 Å². The van der Waals surface area contributed by atoms with Gasteiger partial charge in [0.05, 0.1) is 0 Å². The van der Waals surface area contributed by atoms with Gasteiger partial charge >= 0.3 is 0 Å². The van der Waals surface area contributed by atoms with Crippen LogP contribution in [-0.4, -0.2) is 53.9 Å². The molecule has 0 spiro atoms. The topological polar surface area (TPSA) is 6.48 Å². The van der Waals surface area contributed by atoms with Gasteiger partial charge < -0.3 is 9.80 Å². The van der Waals surface area contributed by atoms with Crippen molar-refractivity contribution in [2.75, 3.05) is 27.2 Å². The molecule has 2 fully saturated rings. The van der Waals surface area contributed by atoms with Gasteiger partial charge in [-0.3, -0.25) is 0 Å². The minimum Gasteiger partial charge on any atom is -0.303 e. The van der Waals surface area contributed by atoms with Crippen LogP contribution in [0, 0.1) is 0 Å². The molecule has 0 radical (unpaired) electrons. The smallest absolute Gasteiger partial charge is 0.0301 e. The molecule has 3 atom stereocenters. The number of piperidine rings is 1. The Morgan fingerprint density at radius 1 is 1.11 bits per heavy atom. The summed E-state index contributed by atoms with van der Waals surface area (Å²) in [5.74, 6) is 0. The van der Waals surface area contributed by atoms with Crippen LogP contribution in [0.5, 0.6) is 0 Å². The standard InChI is InChI=1S/C15H29BrN2/c1-17-11-6-5-7-13(17)10-12-18(2)15-9-4-3-8-14(15)16/h13-15H,3-12H2,1-2H3. The second-order valence-corrected chi connectivity index (χ2v) is 7.44. The van der Waals surface area contributed by atoms with E-state index in [0.29, 0.717) is 0 Å². The van der Waals surface area contributed by atoms with Crippen molar-refractivity contribution in [1.29, 1.82) is 0 Å². The van der Waals surface area contributed by atoms with Crippen LogP contribution in [-0.2, 0) is 0 Å². The van der Waals surface area contributed by atoms with Crippen molar-refractivity contribution in [3.8, 4) is 0 Å². The number of halogens is 1. The van der Waals surface area contributed by atoms with Gasteiger partial charge in [-0.25, -0.2) is 0 Å². The molecule has 0 aromatic heterocycles. The van der Waals surface area contributed by atoms with E-state index in [1.807, 2.05) is 0 Å². The Morgan fingerprint density at radius 2 is 1.83 bits per heavy atom. The average molecular weight is 317 g/mol. The number of nitrogens with zero attached hydrogens (tertiary/aromatic N) is 2. The van der Waals surface area contributed by atoms with Crippen molar-refractivity contribution < 1.29 is 0 Å². The number of hydrogen-bond donors (Lipinski definition) is 0. The van der Waals surface area contributed by atoms with E-state index in [-0.39, 0.29) is 0 Å². The van der Waals surface area contributed by atoms with Crippen LogP contribution in [0.3, 0.4) is 0 Å². The molecule has 3 heteroatoms. The molecule has 0 aromatic rings. The summed E-state index contributed by atoms with van der Waals surface area (Å²) >= 11 is 3.88. The summed E-state index contributed by atoms with van der Waals surface area (Å²) in [5.41, 5.74) is 0. The fourth-order valence-electron chi connectivity index (χ4n) is 3.59. The van der Waals surface area contributed by atoms with Gasteiger partial charge in [-0.15, -0.1) is 0 Å². The summed E-state index contributed by atoms with van der Waals surface area (Å²) in [6.07, 6.45) is 11.2. The molecule has 2 nitrogen and oxygen atoms in total. The summed E-state index contributed by atoms with van der Waals surface area (Å²) in [4.78, 5) is 5.91. The third-order valence-corrected chi connectivity index (χ3v) is 6.02. The lowest BCUT2D eigenvalue weighted by Crippen LogP contribution is -2.44. The lowest BCUT2D eigenvalue weighted by Gasteiger charge is -2.38. The molecule has 3 unspecified atom stereocenters. The first-order valence-corrected chi connectivity index (χ1v) is 8.64. The van der Waals surface area contributed by atoms with Gasteiger partial charge in [0.1, 0.15) is 0 Å². The monoisotopic (exact) mass is 316 g/mol. The van der Waals surface area contributed by atoms with Gasteiger partial charge in [-0.1, -0.05) is 35.2 Å². The molecule has 2 rings (SSSR count). The lowest BCUT2D eigenvalue weighted by molar-refractivity contribution is 0.139. The molecular weight excluding hydrogens is 288 g/mol. The quantitative estimate of drug-likeness (QED) is 0.732. The molecule has 1 aliphatic carbocycles. The first-order valence-electron chi connectivity index (χ1n) is 7.73. The highest BCUT2D eigenvalue weighted by Gasteiger charge is 2.27. The Kier molecular flexibility index (Phi) is 5.96. The molecule has 1 saturated carbocycles. The number of likely N-dealkylation sites (tertiary alicyclic amines) is 1. The Bertz CT molecular complexity index is 247. The predicted molar refractivity (Wildman–Crippen MR) is 82.5 cm³/mol. The first-order chi connectivity index (χ1) is 8.68. The fraction of sp³-hybridized carbons (Fsp3) is 1.00. The van der Waals surface area contributed by atoms with Crippen LogP contribution in [0.1, 0.15) is 51.4 Å². The summed E-state index contributed by atoms with van der Waals surface area (Å²) in [6, 6.07) is 1.60. The maximum absolute atomic E-state index is 3.88. The zero-order valence-corrected chi connectivity index (χ0v) is 13.7. The number of alkyl halides is 1. The molecule has 0 amide bonds. The van der Waals surface area contributed by atoms with Crippen molar-refractivity contribution in [3.05, 3.63) is 0 Å². The molecule has 18 heavy (non-hydrogen) atoms. The Balaban J connectivity index is 1.74. The normalized spacial score (nSPS) is 35.0. The van der Waals surface area contributed by atoms with Gasteiger partial charge in [0.15, 0.2) is 0 Å². The number of rotatable bonds is 4. The predicted octanol–water partition coefficient (Wildman–Crippen LogP) is 3.50. The first kappa shape index (κ1) is 14.8.